The lowest BCUT2D eigenvalue weighted by atomic mass is 10.3. The molecule has 0 aromatic carbocycles. The molecule has 0 unspecified atom stereocenters. The number of imidazole rings is 1. The van der Waals surface area contributed by atoms with E-state index < -0.39 is 0 Å². The second kappa shape index (κ2) is 3.79. The van der Waals surface area contributed by atoms with Gasteiger partial charge in [0.05, 0.1) is 19.2 Å². The van der Waals surface area contributed by atoms with Gasteiger partial charge < -0.3 is 4.74 Å². The first-order valence-electron chi connectivity index (χ1n) is 4.35. The molecule has 0 saturated heterocycles. The van der Waals surface area contributed by atoms with Crippen LogP contribution in [0.1, 0.15) is 12.6 Å². The van der Waals surface area contributed by atoms with Crippen LogP contribution < -0.4 is 0 Å². The van der Waals surface area contributed by atoms with Crippen molar-refractivity contribution in [2.45, 2.75) is 13.3 Å². The molecule has 0 aliphatic rings. The van der Waals surface area contributed by atoms with E-state index in [2.05, 4.69) is 4.98 Å². The Labute approximate surface area is 85.1 Å². The summed E-state index contributed by atoms with van der Waals surface area (Å²) in [5.41, 5.74) is 0.931. The van der Waals surface area contributed by atoms with E-state index in [1.165, 1.54) is 0 Å². The van der Waals surface area contributed by atoms with Gasteiger partial charge in [-0.25, -0.2) is 4.98 Å². The van der Waals surface area contributed by atoms with Crippen LogP contribution >= 0.6 is 11.3 Å². The Bertz CT molecular complexity index is 446. The highest BCUT2D eigenvalue weighted by Crippen LogP contribution is 2.16. The topological polar surface area (TPSA) is 43.6 Å². The number of ether oxygens (including phenoxy) is 1. The van der Waals surface area contributed by atoms with Crippen LogP contribution in [-0.4, -0.2) is 22.0 Å². The molecular weight excluding hydrogens is 200 g/mol. The van der Waals surface area contributed by atoms with Gasteiger partial charge in [0.25, 0.3) is 0 Å². The number of fused-ring (bicyclic) bond motifs is 1. The third kappa shape index (κ3) is 1.63. The maximum Gasteiger partial charge on any atom is 0.311 e. The zero-order chi connectivity index (χ0) is 9.97. The van der Waals surface area contributed by atoms with Crippen LogP contribution in [0.25, 0.3) is 4.83 Å². The summed E-state index contributed by atoms with van der Waals surface area (Å²) in [6.07, 6.45) is 3.80. The Balaban J connectivity index is 2.18. The van der Waals surface area contributed by atoms with Crippen LogP contribution in [0.3, 0.4) is 0 Å². The van der Waals surface area contributed by atoms with Gasteiger partial charge in [0.2, 0.25) is 0 Å². The third-order valence-electron chi connectivity index (χ3n) is 1.86. The van der Waals surface area contributed by atoms with E-state index in [1.807, 2.05) is 9.78 Å². The van der Waals surface area contributed by atoms with Gasteiger partial charge in [-0.1, -0.05) is 0 Å². The molecule has 0 saturated carbocycles. The zero-order valence-corrected chi connectivity index (χ0v) is 8.58. The first-order valence-corrected chi connectivity index (χ1v) is 5.23. The molecule has 0 fully saturated rings. The van der Waals surface area contributed by atoms with Crippen LogP contribution in [0.2, 0.25) is 0 Å². The van der Waals surface area contributed by atoms with E-state index in [-0.39, 0.29) is 5.97 Å². The van der Waals surface area contributed by atoms with Crippen molar-refractivity contribution < 1.29 is 9.53 Å². The first kappa shape index (κ1) is 9.21. The van der Waals surface area contributed by atoms with Gasteiger partial charge >= 0.3 is 5.97 Å². The second-order valence-electron chi connectivity index (χ2n) is 2.81. The molecule has 2 rings (SSSR count). The van der Waals surface area contributed by atoms with E-state index in [9.17, 15) is 4.79 Å². The summed E-state index contributed by atoms with van der Waals surface area (Å²) in [7, 11) is 0. The van der Waals surface area contributed by atoms with E-state index >= 15 is 0 Å². The Morgan fingerprint density at radius 3 is 3.36 bits per heavy atom. The Morgan fingerprint density at radius 1 is 1.71 bits per heavy atom. The lowest BCUT2D eigenvalue weighted by Crippen LogP contribution is -2.08. The molecule has 0 aliphatic heterocycles. The van der Waals surface area contributed by atoms with Gasteiger partial charge in [-0.3, -0.25) is 9.20 Å². The summed E-state index contributed by atoms with van der Waals surface area (Å²) >= 11 is 1.57. The van der Waals surface area contributed by atoms with Crippen molar-refractivity contribution in [1.82, 2.24) is 9.38 Å². The van der Waals surface area contributed by atoms with Crippen molar-refractivity contribution in [1.29, 1.82) is 0 Å². The third-order valence-corrected chi connectivity index (χ3v) is 2.79. The van der Waals surface area contributed by atoms with Gasteiger partial charge in [0.1, 0.15) is 11.2 Å². The Morgan fingerprint density at radius 2 is 2.57 bits per heavy atom. The van der Waals surface area contributed by atoms with Crippen molar-refractivity contribution >= 4 is 22.1 Å². The molecule has 0 radical (unpaired) electrons. The van der Waals surface area contributed by atoms with Crippen molar-refractivity contribution in [3.8, 4) is 0 Å². The van der Waals surface area contributed by atoms with Gasteiger partial charge in [-0.2, -0.15) is 0 Å². The molecule has 74 valence electrons. The van der Waals surface area contributed by atoms with E-state index in [1.54, 1.807) is 30.8 Å². The first-order chi connectivity index (χ1) is 6.81. The molecule has 0 spiro atoms. The highest BCUT2D eigenvalue weighted by atomic mass is 32.1. The Kier molecular flexibility index (Phi) is 2.49. The second-order valence-corrected chi connectivity index (χ2v) is 3.70. The number of hydrogen-bond acceptors (Lipinski definition) is 4. The number of rotatable bonds is 3. The monoisotopic (exact) mass is 210 g/mol. The van der Waals surface area contributed by atoms with E-state index in [0.717, 1.165) is 10.5 Å². The molecule has 2 aromatic rings. The van der Waals surface area contributed by atoms with Crippen molar-refractivity contribution in [2.75, 3.05) is 6.61 Å². The van der Waals surface area contributed by atoms with Crippen molar-refractivity contribution in [3.05, 3.63) is 23.6 Å². The number of esters is 1. The quantitative estimate of drug-likeness (QED) is 0.721. The van der Waals surface area contributed by atoms with Crippen LogP contribution in [0.5, 0.6) is 0 Å². The summed E-state index contributed by atoms with van der Waals surface area (Å²) in [6.45, 7) is 2.23. The van der Waals surface area contributed by atoms with Gasteiger partial charge in [0.15, 0.2) is 0 Å². The predicted octanol–water partition coefficient (Wildman–Crippen LogP) is 1.50. The minimum Gasteiger partial charge on any atom is -0.466 e. The van der Waals surface area contributed by atoms with Gasteiger partial charge in [0, 0.05) is 11.1 Å². The number of hydrogen-bond donors (Lipinski definition) is 0. The van der Waals surface area contributed by atoms with Crippen LogP contribution in [0.15, 0.2) is 17.9 Å². The minimum atomic E-state index is -0.194. The lowest BCUT2D eigenvalue weighted by Gasteiger charge is -1.99. The molecule has 0 aliphatic carbocycles. The number of aromatic nitrogens is 2. The summed E-state index contributed by atoms with van der Waals surface area (Å²) in [5, 5.41) is 1.95. The SMILES string of the molecule is CCOC(=O)Cc1csc2cncn12. The van der Waals surface area contributed by atoms with Crippen LogP contribution in [-0.2, 0) is 16.0 Å². The number of thiazole rings is 1. The average molecular weight is 210 g/mol. The Hall–Kier alpha value is -1.36. The average Bonchev–Trinajstić information content (AvgIpc) is 2.70. The molecule has 0 bridgehead atoms. The van der Waals surface area contributed by atoms with E-state index in [4.69, 9.17) is 4.74 Å². The molecule has 0 atom stereocenters. The van der Waals surface area contributed by atoms with Gasteiger partial charge in [-0.15, -0.1) is 11.3 Å². The smallest absolute Gasteiger partial charge is 0.311 e. The minimum absolute atomic E-state index is 0.194. The summed E-state index contributed by atoms with van der Waals surface area (Å²) in [4.78, 5) is 16.3. The molecule has 2 aromatic heterocycles. The fourth-order valence-electron chi connectivity index (χ4n) is 1.26. The van der Waals surface area contributed by atoms with Crippen LogP contribution in [0.4, 0.5) is 0 Å². The molecule has 0 amide bonds. The number of nitrogens with zero attached hydrogens (tertiary/aromatic N) is 2. The maximum atomic E-state index is 11.2. The largest absolute Gasteiger partial charge is 0.466 e. The van der Waals surface area contributed by atoms with E-state index in [0.29, 0.717) is 13.0 Å². The highest BCUT2D eigenvalue weighted by molar-refractivity contribution is 7.15. The van der Waals surface area contributed by atoms with Gasteiger partial charge in [-0.05, 0) is 6.92 Å². The standard InChI is InChI=1S/C9H10N2O2S/c1-2-13-9(12)3-7-5-14-8-4-10-6-11(7)8/h4-6H,2-3H2,1H3. The number of carbonyl (C=O) groups excluding carboxylic acids is 1. The fraction of sp³-hybridized carbons (Fsp3) is 0.333. The molecule has 5 heteroatoms. The van der Waals surface area contributed by atoms with Crippen LogP contribution in [0, 0.1) is 0 Å². The molecule has 0 N–H and O–H groups in total. The lowest BCUT2D eigenvalue weighted by molar-refractivity contribution is -0.142. The normalized spacial score (nSPS) is 10.6. The molecule has 2 heterocycles. The summed E-state index contributed by atoms with van der Waals surface area (Å²) in [6, 6.07) is 0. The molecule has 4 nitrogen and oxygen atoms in total. The van der Waals surface area contributed by atoms with Crippen molar-refractivity contribution in [3.63, 3.8) is 0 Å². The predicted molar refractivity (Wildman–Crippen MR) is 53.4 cm³/mol. The summed E-state index contributed by atoms with van der Waals surface area (Å²) in [5.74, 6) is -0.194. The molecule has 14 heavy (non-hydrogen) atoms. The maximum absolute atomic E-state index is 11.2. The fourth-order valence-corrected chi connectivity index (χ4v) is 2.11. The highest BCUT2D eigenvalue weighted by Gasteiger charge is 2.08. The zero-order valence-electron chi connectivity index (χ0n) is 7.77. The molecular formula is C9H10N2O2S. The number of carbonyl (C=O) groups is 1. The summed E-state index contributed by atoms with van der Waals surface area (Å²) < 4.78 is 6.78. The van der Waals surface area contributed by atoms with Crippen molar-refractivity contribution in [2.24, 2.45) is 0 Å².